The standard InChI is InChI=1S/C35H53N3O4/c1-10-11-12-13-17-23-38(30(31(39)37-34(4,5)6)28-22-18-19-25(2)26(28)3)32(40)29(24-27-20-15-14-16-21-27)36-33(41)42-35(7,8)9/h14-16,18-22,29-30H,10-13,17,23-24H2,1-9H3,(H,36,41)(H,37,39). The van der Waals surface area contributed by atoms with Crippen LogP contribution in [0.15, 0.2) is 48.5 Å². The minimum atomic E-state index is -0.923. The summed E-state index contributed by atoms with van der Waals surface area (Å²) in [5.41, 5.74) is 2.48. The average molecular weight is 580 g/mol. The molecule has 7 heteroatoms. The molecule has 7 nitrogen and oxygen atoms in total. The number of unbranched alkanes of at least 4 members (excludes halogenated alkanes) is 4. The number of hydrogen-bond acceptors (Lipinski definition) is 4. The van der Waals surface area contributed by atoms with E-state index in [1.807, 2.05) is 83.1 Å². The van der Waals surface area contributed by atoms with Crippen molar-refractivity contribution in [3.63, 3.8) is 0 Å². The Kier molecular flexibility index (Phi) is 13.1. The molecule has 0 aromatic heterocycles. The van der Waals surface area contributed by atoms with Crippen molar-refractivity contribution >= 4 is 17.9 Å². The van der Waals surface area contributed by atoms with Crippen LogP contribution in [0.4, 0.5) is 4.79 Å². The van der Waals surface area contributed by atoms with Crippen LogP contribution in [-0.2, 0) is 20.7 Å². The van der Waals surface area contributed by atoms with Gasteiger partial charge in [-0.05, 0) is 84.1 Å². The summed E-state index contributed by atoms with van der Waals surface area (Å²) in [6.07, 6.45) is 4.59. The first-order valence-corrected chi connectivity index (χ1v) is 15.3. The van der Waals surface area contributed by atoms with Gasteiger partial charge in [-0.25, -0.2) is 4.79 Å². The van der Waals surface area contributed by atoms with Crippen molar-refractivity contribution in [3.05, 3.63) is 70.8 Å². The maximum absolute atomic E-state index is 14.6. The van der Waals surface area contributed by atoms with E-state index in [0.717, 1.165) is 54.4 Å². The molecule has 0 saturated carbocycles. The molecule has 42 heavy (non-hydrogen) atoms. The predicted molar refractivity (Wildman–Crippen MR) is 170 cm³/mol. The van der Waals surface area contributed by atoms with Crippen LogP contribution in [0.1, 0.15) is 109 Å². The first-order chi connectivity index (χ1) is 19.6. The van der Waals surface area contributed by atoms with Crippen molar-refractivity contribution < 1.29 is 19.1 Å². The van der Waals surface area contributed by atoms with E-state index in [1.165, 1.54) is 0 Å². The lowest BCUT2D eigenvalue weighted by atomic mass is 9.93. The Labute approximate surface area is 253 Å². The number of carbonyl (C=O) groups is 3. The number of amides is 3. The number of ether oxygens (including phenoxy) is 1. The first kappa shape index (κ1) is 34.8. The Morgan fingerprint density at radius 1 is 0.857 bits per heavy atom. The van der Waals surface area contributed by atoms with Crippen LogP contribution in [-0.4, -0.2) is 46.5 Å². The summed E-state index contributed by atoms with van der Waals surface area (Å²) >= 11 is 0. The van der Waals surface area contributed by atoms with Gasteiger partial charge < -0.3 is 20.3 Å². The minimum Gasteiger partial charge on any atom is -0.444 e. The molecule has 2 aromatic carbocycles. The molecule has 0 aliphatic carbocycles. The molecule has 2 atom stereocenters. The number of aryl methyl sites for hydroxylation is 1. The fraction of sp³-hybridized carbons (Fsp3) is 0.571. The molecule has 0 aliphatic rings. The van der Waals surface area contributed by atoms with Gasteiger partial charge in [-0.1, -0.05) is 81.1 Å². The van der Waals surface area contributed by atoms with Crippen molar-refractivity contribution in [1.82, 2.24) is 15.5 Å². The van der Waals surface area contributed by atoms with Gasteiger partial charge in [-0.15, -0.1) is 0 Å². The minimum absolute atomic E-state index is 0.242. The lowest BCUT2D eigenvalue weighted by Crippen LogP contribution is -2.55. The van der Waals surface area contributed by atoms with Crippen LogP contribution in [0, 0.1) is 13.8 Å². The number of alkyl carbamates (subject to hydrolysis) is 1. The molecule has 3 amide bonds. The highest BCUT2D eigenvalue weighted by molar-refractivity contribution is 5.92. The van der Waals surface area contributed by atoms with Crippen LogP contribution in [0.3, 0.4) is 0 Å². The molecule has 0 radical (unpaired) electrons. The van der Waals surface area contributed by atoms with Crippen LogP contribution >= 0.6 is 0 Å². The molecule has 2 aromatic rings. The van der Waals surface area contributed by atoms with Gasteiger partial charge in [0.2, 0.25) is 11.8 Å². The zero-order valence-corrected chi connectivity index (χ0v) is 27.3. The average Bonchev–Trinajstić information content (AvgIpc) is 2.87. The molecule has 2 rings (SSSR count). The van der Waals surface area contributed by atoms with Gasteiger partial charge in [0.05, 0.1) is 0 Å². The smallest absolute Gasteiger partial charge is 0.408 e. The summed E-state index contributed by atoms with van der Waals surface area (Å²) in [6.45, 7) is 17.7. The normalized spacial score (nSPS) is 13.2. The highest BCUT2D eigenvalue weighted by Crippen LogP contribution is 2.29. The van der Waals surface area contributed by atoms with Crippen LogP contribution in [0.5, 0.6) is 0 Å². The van der Waals surface area contributed by atoms with Crippen LogP contribution < -0.4 is 10.6 Å². The lowest BCUT2D eigenvalue weighted by molar-refractivity contribution is -0.143. The molecule has 0 heterocycles. The Hall–Kier alpha value is -3.35. The Morgan fingerprint density at radius 2 is 1.50 bits per heavy atom. The number of nitrogens with one attached hydrogen (secondary N) is 2. The molecular formula is C35H53N3O4. The second-order valence-corrected chi connectivity index (χ2v) is 13.3. The van der Waals surface area contributed by atoms with Crippen LogP contribution in [0.2, 0.25) is 0 Å². The molecule has 232 valence electrons. The molecule has 0 saturated heterocycles. The summed E-state index contributed by atoms with van der Waals surface area (Å²) < 4.78 is 5.55. The van der Waals surface area contributed by atoms with Gasteiger partial charge in [-0.3, -0.25) is 9.59 Å². The third-order valence-corrected chi connectivity index (χ3v) is 7.06. The Morgan fingerprint density at radius 3 is 2.10 bits per heavy atom. The maximum atomic E-state index is 14.6. The number of hydrogen-bond donors (Lipinski definition) is 2. The third kappa shape index (κ3) is 11.5. The number of rotatable bonds is 13. The van der Waals surface area contributed by atoms with Gasteiger partial charge in [-0.2, -0.15) is 0 Å². The van der Waals surface area contributed by atoms with Gasteiger partial charge in [0.25, 0.3) is 0 Å². The molecule has 2 N–H and O–H groups in total. The lowest BCUT2D eigenvalue weighted by Gasteiger charge is -2.37. The summed E-state index contributed by atoms with van der Waals surface area (Å²) in [5.74, 6) is -0.552. The molecule has 0 spiro atoms. The van der Waals surface area contributed by atoms with Crippen molar-refractivity contribution in [2.24, 2.45) is 0 Å². The quantitative estimate of drug-likeness (QED) is 0.246. The largest absolute Gasteiger partial charge is 0.444 e. The van der Waals surface area contributed by atoms with Gasteiger partial charge >= 0.3 is 6.09 Å². The van der Waals surface area contributed by atoms with Crippen LogP contribution in [0.25, 0.3) is 0 Å². The van der Waals surface area contributed by atoms with Gasteiger partial charge in [0, 0.05) is 18.5 Å². The monoisotopic (exact) mass is 579 g/mol. The van der Waals surface area contributed by atoms with Gasteiger partial charge in [0.1, 0.15) is 17.7 Å². The van der Waals surface area contributed by atoms with E-state index in [2.05, 4.69) is 17.6 Å². The highest BCUT2D eigenvalue weighted by atomic mass is 16.6. The second kappa shape index (κ2) is 15.8. The maximum Gasteiger partial charge on any atom is 0.408 e. The number of nitrogens with zero attached hydrogens (tertiary/aromatic N) is 1. The molecule has 2 unspecified atom stereocenters. The molecule has 0 bridgehead atoms. The summed E-state index contributed by atoms with van der Waals surface area (Å²) in [6, 6.07) is 13.7. The SMILES string of the molecule is CCCCCCCN(C(=O)C(Cc1ccccc1)NC(=O)OC(C)(C)C)C(C(=O)NC(C)(C)C)c1cccc(C)c1C. The molecular weight excluding hydrogens is 526 g/mol. The highest BCUT2D eigenvalue weighted by Gasteiger charge is 2.38. The van der Waals surface area contributed by atoms with E-state index in [-0.39, 0.29) is 18.2 Å². The van der Waals surface area contributed by atoms with E-state index >= 15 is 0 Å². The Bertz CT molecular complexity index is 1160. The summed E-state index contributed by atoms with van der Waals surface area (Å²) in [7, 11) is 0. The van der Waals surface area contributed by atoms with E-state index in [9.17, 15) is 14.4 Å². The number of benzene rings is 2. The fourth-order valence-corrected chi connectivity index (χ4v) is 4.91. The second-order valence-electron chi connectivity index (χ2n) is 13.3. The van der Waals surface area contributed by atoms with Gasteiger partial charge in [0.15, 0.2) is 0 Å². The Balaban J connectivity index is 2.61. The van der Waals surface area contributed by atoms with E-state index in [1.54, 1.807) is 25.7 Å². The van der Waals surface area contributed by atoms with E-state index in [0.29, 0.717) is 6.54 Å². The molecule has 0 aliphatic heterocycles. The third-order valence-electron chi connectivity index (χ3n) is 7.06. The van der Waals surface area contributed by atoms with E-state index < -0.39 is 29.3 Å². The van der Waals surface area contributed by atoms with Crippen molar-refractivity contribution in [2.75, 3.05) is 6.54 Å². The summed E-state index contributed by atoms with van der Waals surface area (Å²) in [5, 5.41) is 5.97. The summed E-state index contributed by atoms with van der Waals surface area (Å²) in [4.78, 5) is 43.4. The number of carbonyl (C=O) groups excluding carboxylic acids is 3. The topological polar surface area (TPSA) is 87.7 Å². The van der Waals surface area contributed by atoms with Crippen molar-refractivity contribution in [3.8, 4) is 0 Å². The zero-order valence-electron chi connectivity index (χ0n) is 27.3. The zero-order chi connectivity index (χ0) is 31.5. The molecule has 0 fully saturated rings. The predicted octanol–water partition coefficient (Wildman–Crippen LogP) is 7.19. The fourth-order valence-electron chi connectivity index (χ4n) is 4.91. The van der Waals surface area contributed by atoms with E-state index in [4.69, 9.17) is 4.74 Å². The van der Waals surface area contributed by atoms with Crippen molar-refractivity contribution in [1.29, 1.82) is 0 Å². The van der Waals surface area contributed by atoms with Crippen molar-refractivity contribution in [2.45, 2.75) is 124 Å². The first-order valence-electron chi connectivity index (χ1n) is 15.3.